The lowest BCUT2D eigenvalue weighted by Crippen LogP contribution is -2.26. The Balaban J connectivity index is 1.80. The van der Waals surface area contributed by atoms with E-state index in [1.807, 2.05) is 0 Å². The molecule has 3 aromatic carbocycles. The number of nitro groups is 1. The van der Waals surface area contributed by atoms with Crippen LogP contribution in [0.4, 0.5) is 11.4 Å². The Morgan fingerprint density at radius 1 is 1.00 bits per heavy atom. The van der Waals surface area contributed by atoms with Gasteiger partial charge in [-0.05, 0) is 29.8 Å². The monoisotopic (exact) mass is 484 g/mol. The zero-order valence-electron chi connectivity index (χ0n) is 18.3. The number of benzene rings is 3. The van der Waals surface area contributed by atoms with Crippen LogP contribution in [0.15, 0.2) is 66.7 Å². The third kappa shape index (κ3) is 6.02. The Labute approximate surface area is 200 Å². The van der Waals surface area contributed by atoms with Gasteiger partial charge < -0.3 is 19.5 Å². The summed E-state index contributed by atoms with van der Waals surface area (Å²) in [5.74, 6) is -0.366. The first-order valence-corrected chi connectivity index (χ1v) is 10.4. The number of carbonyl (C=O) groups is 2. The molecule has 0 spiro atoms. The molecule has 0 heterocycles. The lowest BCUT2D eigenvalue weighted by Gasteiger charge is -2.18. The SMILES string of the molecule is COc1ccc(CC(=O)OC(C(=O)Nc2ccc(Cl)c([N+](=O)[O-])c2)c2ccccc2)cc1OC. The summed E-state index contributed by atoms with van der Waals surface area (Å²) in [5, 5.41) is 13.6. The Morgan fingerprint density at radius 2 is 1.71 bits per heavy atom. The molecule has 1 N–H and O–H groups in total. The molecule has 176 valence electrons. The van der Waals surface area contributed by atoms with Crippen LogP contribution in [-0.2, 0) is 20.7 Å². The standard InChI is InChI=1S/C24H21ClN2O7/c1-32-20-11-8-15(12-21(20)33-2)13-22(28)34-23(16-6-4-3-5-7-16)24(29)26-17-9-10-18(25)19(14-17)27(30)31/h3-12,14,23H,13H2,1-2H3,(H,26,29). The number of nitrogens with zero attached hydrogens (tertiary/aromatic N) is 1. The van der Waals surface area contributed by atoms with Crippen molar-refractivity contribution < 1.29 is 28.7 Å². The van der Waals surface area contributed by atoms with Crippen molar-refractivity contribution in [2.24, 2.45) is 0 Å². The maximum absolute atomic E-state index is 13.0. The Hall–Kier alpha value is -4.11. The fourth-order valence-corrected chi connectivity index (χ4v) is 3.36. The fraction of sp³-hybridized carbons (Fsp3) is 0.167. The van der Waals surface area contributed by atoms with E-state index in [4.69, 9.17) is 25.8 Å². The number of esters is 1. The molecule has 0 radical (unpaired) electrons. The number of methoxy groups -OCH3 is 2. The van der Waals surface area contributed by atoms with Gasteiger partial charge in [-0.2, -0.15) is 0 Å². The first-order valence-electron chi connectivity index (χ1n) is 10.0. The van der Waals surface area contributed by atoms with Crippen molar-refractivity contribution in [1.82, 2.24) is 0 Å². The van der Waals surface area contributed by atoms with E-state index >= 15 is 0 Å². The van der Waals surface area contributed by atoms with Gasteiger partial charge in [0.25, 0.3) is 11.6 Å². The Bertz CT molecular complexity index is 1200. The summed E-state index contributed by atoms with van der Waals surface area (Å²) in [6, 6.07) is 17.3. The van der Waals surface area contributed by atoms with Gasteiger partial charge in [-0.3, -0.25) is 19.7 Å². The summed E-state index contributed by atoms with van der Waals surface area (Å²) in [6.07, 6.45) is -1.41. The van der Waals surface area contributed by atoms with Gasteiger partial charge in [-0.1, -0.05) is 48.0 Å². The van der Waals surface area contributed by atoms with Gasteiger partial charge in [-0.15, -0.1) is 0 Å². The van der Waals surface area contributed by atoms with Crippen molar-refractivity contribution in [3.63, 3.8) is 0 Å². The molecule has 3 rings (SSSR count). The zero-order valence-corrected chi connectivity index (χ0v) is 19.1. The minimum atomic E-state index is -1.29. The molecule has 1 unspecified atom stereocenters. The van der Waals surface area contributed by atoms with Gasteiger partial charge in [0, 0.05) is 17.3 Å². The zero-order chi connectivity index (χ0) is 24.7. The van der Waals surface area contributed by atoms with E-state index in [1.54, 1.807) is 48.5 Å². The second-order valence-electron chi connectivity index (χ2n) is 7.06. The molecule has 1 amide bonds. The molecule has 0 fully saturated rings. The second kappa shape index (κ2) is 11.2. The van der Waals surface area contributed by atoms with Gasteiger partial charge in [0.15, 0.2) is 11.5 Å². The average molecular weight is 485 g/mol. The molecular weight excluding hydrogens is 464 g/mol. The summed E-state index contributed by atoms with van der Waals surface area (Å²) in [4.78, 5) is 36.2. The number of nitrogens with one attached hydrogen (secondary N) is 1. The van der Waals surface area contributed by atoms with Crippen LogP contribution >= 0.6 is 11.6 Å². The van der Waals surface area contributed by atoms with Crippen molar-refractivity contribution in [2.75, 3.05) is 19.5 Å². The number of carbonyl (C=O) groups excluding carboxylic acids is 2. The van der Waals surface area contributed by atoms with E-state index in [0.29, 0.717) is 22.6 Å². The molecule has 10 heteroatoms. The van der Waals surface area contributed by atoms with Gasteiger partial charge in [0.2, 0.25) is 6.10 Å². The van der Waals surface area contributed by atoms with Gasteiger partial charge >= 0.3 is 5.97 Å². The molecule has 0 saturated heterocycles. The van der Waals surface area contributed by atoms with Crippen molar-refractivity contribution >= 4 is 34.9 Å². The van der Waals surface area contributed by atoms with Crippen molar-refractivity contribution in [1.29, 1.82) is 0 Å². The van der Waals surface area contributed by atoms with Crippen LogP contribution < -0.4 is 14.8 Å². The van der Waals surface area contributed by atoms with Crippen molar-refractivity contribution in [3.05, 3.63) is 93.0 Å². The van der Waals surface area contributed by atoms with Crippen LogP contribution in [0.3, 0.4) is 0 Å². The molecule has 34 heavy (non-hydrogen) atoms. The predicted octanol–water partition coefficient (Wildman–Crippen LogP) is 4.73. The number of anilines is 1. The highest BCUT2D eigenvalue weighted by Gasteiger charge is 2.26. The third-order valence-electron chi connectivity index (χ3n) is 4.80. The number of rotatable bonds is 9. The van der Waals surface area contributed by atoms with Crippen LogP contribution in [0.5, 0.6) is 11.5 Å². The van der Waals surface area contributed by atoms with Crippen molar-refractivity contribution in [3.8, 4) is 11.5 Å². The lowest BCUT2D eigenvalue weighted by atomic mass is 10.1. The Kier molecular flexibility index (Phi) is 8.05. The van der Waals surface area contributed by atoms with E-state index in [-0.39, 0.29) is 22.8 Å². The molecule has 0 aliphatic rings. The molecule has 0 saturated carbocycles. The van der Waals surface area contributed by atoms with Crippen LogP contribution in [0, 0.1) is 10.1 Å². The first kappa shape index (κ1) is 24.5. The smallest absolute Gasteiger partial charge is 0.311 e. The molecule has 0 aromatic heterocycles. The quantitative estimate of drug-likeness (QED) is 0.265. The molecule has 0 aliphatic carbocycles. The first-order chi connectivity index (χ1) is 16.3. The minimum absolute atomic E-state index is 0.0658. The van der Waals surface area contributed by atoms with E-state index in [9.17, 15) is 19.7 Å². The lowest BCUT2D eigenvalue weighted by molar-refractivity contribution is -0.384. The highest BCUT2D eigenvalue weighted by Crippen LogP contribution is 2.30. The normalized spacial score (nSPS) is 11.3. The summed E-state index contributed by atoms with van der Waals surface area (Å²) >= 11 is 5.83. The topological polar surface area (TPSA) is 117 Å². The fourth-order valence-electron chi connectivity index (χ4n) is 3.17. The van der Waals surface area contributed by atoms with Crippen LogP contribution in [0.25, 0.3) is 0 Å². The van der Waals surface area contributed by atoms with E-state index in [0.717, 1.165) is 6.07 Å². The molecule has 1 atom stereocenters. The highest BCUT2D eigenvalue weighted by molar-refractivity contribution is 6.32. The predicted molar refractivity (Wildman–Crippen MR) is 125 cm³/mol. The average Bonchev–Trinajstić information content (AvgIpc) is 2.83. The highest BCUT2D eigenvalue weighted by atomic mass is 35.5. The van der Waals surface area contributed by atoms with E-state index in [2.05, 4.69) is 5.32 Å². The molecule has 0 aliphatic heterocycles. The second-order valence-corrected chi connectivity index (χ2v) is 7.47. The molecule has 9 nitrogen and oxygen atoms in total. The van der Waals surface area contributed by atoms with Crippen LogP contribution in [0.1, 0.15) is 17.2 Å². The maximum atomic E-state index is 13.0. The maximum Gasteiger partial charge on any atom is 0.311 e. The third-order valence-corrected chi connectivity index (χ3v) is 5.12. The summed E-state index contributed by atoms with van der Waals surface area (Å²) in [6.45, 7) is 0. The van der Waals surface area contributed by atoms with Crippen LogP contribution in [0.2, 0.25) is 5.02 Å². The summed E-state index contributed by atoms with van der Waals surface area (Å²) in [7, 11) is 2.99. The molecule has 0 bridgehead atoms. The van der Waals surface area contributed by atoms with E-state index < -0.39 is 22.9 Å². The molecular formula is C24H21ClN2O7. The minimum Gasteiger partial charge on any atom is -0.493 e. The van der Waals surface area contributed by atoms with E-state index in [1.165, 1.54) is 26.4 Å². The number of hydrogen-bond donors (Lipinski definition) is 1. The van der Waals surface area contributed by atoms with Crippen LogP contribution in [-0.4, -0.2) is 31.0 Å². The van der Waals surface area contributed by atoms with Crippen molar-refractivity contribution in [2.45, 2.75) is 12.5 Å². The number of amides is 1. The summed E-state index contributed by atoms with van der Waals surface area (Å²) in [5.41, 5.74) is 0.812. The van der Waals surface area contributed by atoms with Gasteiger partial charge in [0.05, 0.1) is 25.6 Å². The summed E-state index contributed by atoms with van der Waals surface area (Å²) < 4.78 is 16.0. The number of hydrogen-bond acceptors (Lipinski definition) is 7. The van der Waals surface area contributed by atoms with Gasteiger partial charge in [-0.25, -0.2) is 0 Å². The molecule has 3 aromatic rings. The largest absolute Gasteiger partial charge is 0.493 e. The Morgan fingerprint density at radius 3 is 2.35 bits per heavy atom. The number of nitro benzene ring substituents is 1. The number of halogens is 1. The van der Waals surface area contributed by atoms with Gasteiger partial charge in [0.1, 0.15) is 5.02 Å². The number of ether oxygens (including phenoxy) is 3.